The molecule has 96 valence electrons. The van der Waals surface area contributed by atoms with E-state index in [1.807, 2.05) is 43.0 Å². The molecule has 0 aliphatic rings. The Morgan fingerprint density at radius 1 is 1.44 bits per heavy atom. The molecule has 0 saturated carbocycles. The summed E-state index contributed by atoms with van der Waals surface area (Å²) in [5.74, 6) is -0.0759. The minimum absolute atomic E-state index is 0.0759. The zero-order chi connectivity index (χ0) is 13.4. The highest BCUT2D eigenvalue weighted by Gasteiger charge is 2.10. The molecular weight excluding hydrogens is 226 g/mol. The number of rotatable bonds is 6. The number of anilines is 1. The van der Waals surface area contributed by atoms with Gasteiger partial charge in [-0.05, 0) is 31.5 Å². The van der Waals surface area contributed by atoms with Gasteiger partial charge in [-0.1, -0.05) is 25.1 Å². The number of carbonyl (C=O) groups excluding carboxylic acids is 1. The third-order valence-corrected chi connectivity index (χ3v) is 2.62. The van der Waals surface area contributed by atoms with Gasteiger partial charge in [-0.15, -0.1) is 0 Å². The zero-order valence-electron chi connectivity index (χ0n) is 10.9. The van der Waals surface area contributed by atoms with E-state index in [-0.39, 0.29) is 19.0 Å². The second-order valence-corrected chi connectivity index (χ2v) is 4.23. The maximum Gasteiger partial charge on any atom is 0.238 e. The molecule has 0 atom stereocenters. The Balaban J connectivity index is 2.55. The average Bonchev–Trinajstić information content (AvgIpc) is 2.33. The van der Waals surface area contributed by atoms with Gasteiger partial charge >= 0.3 is 0 Å². The molecule has 0 fully saturated rings. The smallest absolute Gasteiger partial charge is 0.238 e. The van der Waals surface area contributed by atoms with Gasteiger partial charge in [-0.3, -0.25) is 9.69 Å². The number of aryl methyl sites for hydroxylation is 1. The maximum atomic E-state index is 11.9. The quantitative estimate of drug-likeness (QED) is 0.781. The Labute approximate surface area is 108 Å². The number of hydrogen-bond donors (Lipinski definition) is 1. The summed E-state index contributed by atoms with van der Waals surface area (Å²) in [6, 6.07) is 9.73. The van der Waals surface area contributed by atoms with Crippen molar-refractivity contribution in [3.8, 4) is 6.07 Å². The molecule has 0 saturated heterocycles. The molecular formula is C14H19N3O. The third-order valence-electron chi connectivity index (χ3n) is 2.62. The highest BCUT2D eigenvalue weighted by atomic mass is 16.2. The summed E-state index contributed by atoms with van der Waals surface area (Å²) in [7, 11) is 0. The van der Waals surface area contributed by atoms with Crippen LogP contribution in [0, 0.1) is 18.3 Å². The van der Waals surface area contributed by atoms with Crippen molar-refractivity contribution in [2.24, 2.45) is 0 Å². The first-order valence-corrected chi connectivity index (χ1v) is 6.12. The van der Waals surface area contributed by atoms with Gasteiger partial charge in [0.2, 0.25) is 5.91 Å². The van der Waals surface area contributed by atoms with Crippen LogP contribution < -0.4 is 5.32 Å². The predicted octanol–water partition coefficient (Wildman–Crippen LogP) is 2.17. The van der Waals surface area contributed by atoms with Crippen LogP contribution in [0.5, 0.6) is 0 Å². The van der Waals surface area contributed by atoms with Crippen molar-refractivity contribution in [1.82, 2.24) is 4.90 Å². The molecule has 1 aromatic carbocycles. The Kier molecular flexibility index (Phi) is 5.89. The Bertz CT molecular complexity index is 437. The van der Waals surface area contributed by atoms with Crippen LogP contribution in [0.1, 0.15) is 18.9 Å². The van der Waals surface area contributed by atoms with Crippen molar-refractivity contribution in [2.75, 3.05) is 25.0 Å². The first-order valence-electron chi connectivity index (χ1n) is 6.12. The molecule has 0 aromatic heterocycles. The van der Waals surface area contributed by atoms with Crippen LogP contribution in [0.2, 0.25) is 0 Å². The first kappa shape index (κ1) is 14.2. The SMILES string of the molecule is CCCN(CC#N)CC(=O)Nc1ccccc1C. The van der Waals surface area contributed by atoms with Crippen molar-refractivity contribution in [3.63, 3.8) is 0 Å². The van der Waals surface area contributed by atoms with Gasteiger partial charge in [0.1, 0.15) is 0 Å². The summed E-state index contributed by atoms with van der Waals surface area (Å²) in [6.07, 6.45) is 0.930. The lowest BCUT2D eigenvalue weighted by atomic mass is 10.2. The van der Waals surface area contributed by atoms with Gasteiger partial charge in [0.05, 0.1) is 19.2 Å². The lowest BCUT2D eigenvalue weighted by Gasteiger charge is -2.17. The van der Waals surface area contributed by atoms with E-state index in [4.69, 9.17) is 5.26 Å². The second kappa shape index (κ2) is 7.46. The number of nitrogens with zero attached hydrogens (tertiary/aromatic N) is 2. The molecule has 0 bridgehead atoms. The molecule has 0 heterocycles. The van der Waals surface area contributed by atoms with Crippen molar-refractivity contribution in [3.05, 3.63) is 29.8 Å². The van der Waals surface area contributed by atoms with Crippen molar-refractivity contribution in [2.45, 2.75) is 20.3 Å². The van der Waals surface area contributed by atoms with E-state index < -0.39 is 0 Å². The molecule has 4 heteroatoms. The summed E-state index contributed by atoms with van der Waals surface area (Å²) >= 11 is 0. The Morgan fingerprint density at radius 3 is 2.78 bits per heavy atom. The molecule has 18 heavy (non-hydrogen) atoms. The third kappa shape index (κ3) is 4.56. The average molecular weight is 245 g/mol. The lowest BCUT2D eigenvalue weighted by molar-refractivity contribution is -0.117. The van der Waals surface area contributed by atoms with E-state index in [1.54, 1.807) is 0 Å². The summed E-state index contributed by atoms with van der Waals surface area (Å²) in [5, 5.41) is 11.6. The molecule has 4 nitrogen and oxygen atoms in total. The summed E-state index contributed by atoms with van der Waals surface area (Å²) in [6.45, 7) is 5.29. The minimum atomic E-state index is -0.0759. The van der Waals surface area contributed by atoms with E-state index in [0.717, 1.165) is 24.2 Å². The number of para-hydroxylation sites is 1. The fourth-order valence-corrected chi connectivity index (χ4v) is 1.74. The predicted molar refractivity (Wildman–Crippen MR) is 72.2 cm³/mol. The number of nitrogens with one attached hydrogen (secondary N) is 1. The maximum absolute atomic E-state index is 11.9. The standard InChI is InChI=1S/C14H19N3O/c1-3-9-17(10-8-15)11-14(18)16-13-7-5-4-6-12(13)2/h4-7H,3,9-11H2,1-2H3,(H,16,18). The summed E-state index contributed by atoms with van der Waals surface area (Å²) in [5.41, 5.74) is 1.86. The zero-order valence-corrected chi connectivity index (χ0v) is 10.9. The number of benzene rings is 1. The van der Waals surface area contributed by atoms with E-state index in [0.29, 0.717) is 0 Å². The molecule has 1 amide bonds. The molecule has 0 radical (unpaired) electrons. The molecule has 1 aromatic rings. The second-order valence-electron chi connectivity index (χ2n) is 4.23. The largest absolute Gasteiger partial charge is 0.325 e. The molecule has 0 aliphatic heterocycles. The molecule has 1 N–H and O–H groups in total. The van der Waals surface area contributed by atoms with Crippen LogP contribution in [0.25, 0.3) is 0 Å². The molecule has 0 spiro atoms. The van der Waals surface area contributed by atoms with E-state index in [2.05, 4.69) is 11.4 Å². The van der Waals surface area contributed by atoms with Crippen molar-refractivity contribution >= 4 is 11.6 Å². The van der Waals surface area contributed by atoms with Gasteiger partial charge in [0.15, 0.2) is 0 Å². The lowest BCUT2D eigenvalue weighted by Crippen LogP contribution is -2.34. The summed E-state index contributed by atoms with van der Waals surface area (Å²) < 4.78 is 0. The number of hydrogen-bond acceptors (Lipinski definition) is 3. The van der Waals surface area contributed by atoms with Crippen LogP contribution in [0.15, 0.2) is 24.3 Å². The number of amides is 1. The van der Waals surface area contributed by atoms with Crippen LogP contribution in [0.3, 0.4) is 0 Å². The van der Waals surface area contributed by atoms with Gasteiger partial charge in [0, 0.05) is 5.69 Å². The molecule has 0 unspecified atom stereocenters. The van der Waals surface area contributed by atoms with Crippen LogP contribution in [-0.2, 0) is 4.79 Å². The fourth-order valence-electron chi connectivity index (χ4n) is 1.74. The molecule has 0 aliphatic carbocycles. The van der Waals surface area contributed by atoms with Crippen LogP contribution in [0.4, 0.5) is 5.69 Å². The first-order chi connectivity index (χ1) is 8.67. The van der Waals surface area contributed by atoms with Crippen LogP contribution >= 0.6 is 0 Å². The number of carbonyl (C=O) groups is 1. The highest BCUT2D eigenvalue weighted by molar-refractivity contribution is 5.92. The fraction of sp³-hybridized carbons (Fsp3) is 0.429. The minimum Gasteiger partial charge on any atom is -0.325 e. The normalized spacial score (nSPS) is 10.1. The van der Waals surface area contributed by atoms with E-state index in [9.17, 15) is 4.79 Å². The van der Waals surface area contributed by atoms with Crippen molar-refractivity contribution < 1.29 is 4.79 Å². The molecule has 1 rings (SSSR count). The monoisotopic (exact) mass is 245 g/mol. The van der Waals surface area contributed by atoms with Crippen LogP contribution in [-0.4, -0.2) is 30.4 Å². The summed E-state index contributed by atoms with van der Waals surface area (Å²) in [4.78, 5) is 13.7. The Morgan fingerprint density at radius 2 is 2.17 bits per heavy atom. The van der Waals surface area contributed by atoms with E-state index in [1.165, 1.54) is 0 Å². The van der Waals surface area contributed by atoms with Gasteiger partial charge in [-0.2, -0.15) is 5.26 Å². The van der Waals surface area contributed by atoms with Crippen molar-refractivity contribution in [1.29, 1.82) is 5.26 Å². The number of nitriles is 1. The Hall–Kier alpha value is -1.86. The van der Waals surface area contributed by atoms with E-state index >= 15 is 0 Å². The highest BCUT2D eigenvalue weighted by Crippen LogP contribution is 2.12. The van der Waals surface area contributed by atoms with Gasteiger partial charge in [0.25, 0.3) is 0 Å². The van der Waals surface area contributed by atoms with Gasteiger partial charge < -0.3 is 5.32 Å². The topological polar surface area (TPSA) is 56.1 Å². The van der Waals surface area contributed by atoms with Gasteiger partial charge in [-0.25, -0.2) is 0 Å².